The standard InChI is InChI=1S/C24H36N2O2S/c1-3-4-5-11-16-25-22(27)21-17-29-24(19-13-7-6-8-14-19)26(21)23(28)20-15-10-9-12-18(20)2/h9-10,12,15,19,21,24H,3-8,11,13-14,16-17H2,1-2H3,(H,25,27). The van der Waals surface area contributed by atoms with Crippen molar-refractivity contribution in [3.8, 4) is 0 Å². The molecule has 1 aromatic rings. The molecule has 2 aliphatic rings. The Labute approximate surface area is 180 Å². The Morgan fingerprint density at radius 1 is 1.10 bits per heavy atom. The monoisotopic (exact) mass is 416 g/mol. The first-order valence-corrected chi connectivity index (χ1v) is 12.5. The van der Waals surface area contributed by atoms with Crippen molar-refractivity contribution in [3.05, 3.63) is 35.4 Å². The summed E-state index contributed by atoms with van der Waals surface area (Å²) in [5, 5.41) is 3.24. The van der Waals surface area contributed by atoms with Crippen LogP contribution in [-0.4, -0.2) is 40.4 Å². The van der Waals surface area contributed by atoms with Gasteiger partial charge in [-0.05, 0) is 43.7 Å². The molecule has 1 aromatic carbocycles. The second-order valence-corrected chi connectivity index (χ2v) is 9.67. The summed E-state index contributed by atoms with van der Waals surface area (Å²) in [4.78, 5) is 28.5. The van der Waals surface area contributed by atoms with E-state index in [1.807, 2.05) is 47.9 Å². The Morgan fingerprint density at radius 3 is 2.59 bits per heavy atom. The van der Waals surface area contributed by atoms with E-state index >= 15 is 0 Å². The van der Waals surface area contributed by atoms with Gasteiger partial charge in [0.05, 0.1) is 5.37 Å². The van der Waals surface area contributed by atoms with Crippen molar-refractivity contribution in [1.29, 1.82) is 0 Å². The van der Waals surface area contributed by atoms with Crippen molar-refractivity contribution in [2.75, 3.05) is 12.3 Å². The van der Waals surface area contributed by atoms with Gasteiger partial charge >= 0.3 is 0 Å². The van der Waals surface area contributed by atoms with Crippen molar-refractivity contribution in [2.45, 2.75) is 83.1 Å². The lowest BCUT2D eigenvalue weighted by atomic mass is 9.88. The molecular weight excluding hydrogens is 380 g/mol. The number of carbonyl (C=O) groups excluding carboxylic acids is 2. The predicted molar refractivity (Wildman–Crippen MR) is 121 cm³/mol. The van der Waals surface area contributed by atoms with E-state index in [2.05, 4.69) is 12.2 Å². The number of nitrogens with one attached hydrogen (secondary N) is 1. The van der Waals surface area contributed by atoms with Gasteiger partial charge in [-0.25, -0.2) is 0 Å². The lowest BCUT2D eigenvalue weighted by molar-refractivity contribution is -0.125. The Hall–Kier alpha value is -1.49. The molecule has 2 fully saturated rings. The maximum Gasteiger partial charge on any atom is 0.255 e. The minimum Gasteiger partial charge on any atom is -0.354 e. The smallest absolute Gasteiger partial charge is 0.255 e. The number of nitrogens with zero attached hydrogens (tertiary/aromatic N) is 1. The van der Waals surface area contributed by atoms with Crippen molar-refractivity contribution >= 4 is 23.6 Å². The Morgan fingerprint density at radius 2 is 1.86 bits per heavy atom. The summed E-state index contributed by atoms with van der Waals surface area (Å²) in [5.74, 6) is 1.26. The van der Waals surface area contributed by atoms with E-state index in [1.165, 1.54) is 44.9 Å². The molecule has 1 aliphatic carbocycles. The van der Waals surface area contributed by atoms with E-state index in [9.17, 15) is 9.59 Å². The first kappa shape index (κ1) is 22.2. The molecule has 1 saturated carbocycles. The summed E-state index contributed by atoms with van der Waals surface area (Å²) < 4.78 is 0. The fourth-order valence-electron chi connectivity index (χ4n) is 4.60. The number of aryl methyl sites for hydroxylation is 1. The molecule has 0 spiro atoms. The average molecular weight is 417 g/mol. The van der Waals surface area contributed by atoms with Gasteiger partial charge in [-0.1, -0.05) is 63.6 Å². The SMILES string of the molecule is CCCCCCNC(=O)C1CSC(C2CCCCC2)N1C(=O)c1ccccc1C. The van der Waals surface area contributed by atoms with Gasteiger partial charge in [-0.2, -0.15) is 0 Å². The Bertz CT molecular complexity index is 687. The largest absolute Gasteiger partial charge is 0.354 e. The molecule has 29 heavy (non-hydrogen) atoms. The summed E-state index contributed by atoms with van der Waals surface area (Å²) >= 11 is 1.81. The van der Waals surface area contributed by atoms with Crippen LogP contribution in [0.5, 0.6) is 0 Å². The number of unbranched alkanes of at least 4 members (excludes halogenated alkanes) is 3. The van der Waals surface area contributed by atoms with Crippen LogP contribution in [0, 0.1) is 12.8 Å². The van der Waals surface area contributed by atoms with Crippen LogP contribution in [-0.2, 0) is 4.79 Å². The number of hydrogen-bond acceptors (Lipinski definition) is 3. The molecule has 1 aliphatic heterocycles. The number of carbonyl (C=O) groups is 2. The van der Waals surface area contributed by atoms with Crippen LogP contribution < -0.4 is 5.32 Å². The molecule has 3 rings (SSSR count). The van der Waals surface area contributed by atoms with Gasteiger partial charge in [0.25, 0.3) is 5.91 Å². The van der Waals surface area contributed by atoms with Crippen molar-refractivity contribution in [2.24, 2.45) is 5.92 Å². The van der Waals surface area contributed by atoms with E-state index in [1.54, 1.807) is 0 Å². The fraction of sp³-hybridized carbons (Fsp3) is 0.667. The molecule has 2 unspecified atom stereocenters. The molecular formula is C24H36N2O2S. The van der Waals surface area contributed by atoms with Crippen LogP contribution >= 0.6 is 11.8 Å². The highest BCUT2D eigenvalue weighted by atomic mass is 32.2. The molecule has 4 nitrogen and oxygen atoms in total. The number of hydrogen-bond donors (Lipinski definition) is 1. The zero-order valence-corrected chi connectivity index (χ0v) is 18.8. The van der Waals surface area contributed by atoms with Crippen LogP contribution in [0.3, 0.4) is 0 Å². The van der Waals surface area contributed by atoms with Crippen LogP contribution in [0.15, 0.2) is 24.3 Å². The van der Waals surface area contributed by atoms with Crippen molar-refractivity contribution in [3.63, 3.8) is 0 Å². The highest BCUT2D eigenvalue weighted by Crippen LogP contribution is 2.41. The topological polar surface area (TPSA) is 49.4 Å². The van der Waals surface area contributed by atoms with Crippen molar-refractivity contribution < 1.29 is 9.59 Å². The van der Waals surface area contributed by atoms with Gasteiger partial charge in [0, 0.05) is 17.9 Å². The molecule has 2 amide bonds. The zero-order valence-electron chi connectivity index (χ0n) is 18.0. The van der Waals surface area contributed by atoms with E-state index in [4.69, 9.17) is 0 Å². The molecule has 1 N–H and O–H groups in total. The van der Waals surface area contributed by atoms with Gasteiger partial charge in [-0.3, -0.25) is 9.59 Å². The normalized spacial score (nSPS) is 22.6. The minimum absolute atomic E-state index is 0.0224. The summed E-state index contributed by atoms with van der Waals surface area (Å²) in [5.41, 5.74) is 1.71. The van der Waals surface area contributed by atoms with E-state index in [-0.39, 0.29) is 23.2 Å². The molecule has 5 heteroatoms. The number of amides is 2. The fourth-order valence-corrected chi connectivity index (χ4v) is 6.24. The maximum absolute atomic E-state index is 13.6. The maximum atomic E-state index is 13.6. The molecule has 0 radical (unpaired) electrons. The molecule has 1 saturated heterocycles. The number of thioether (sulfide) groups is 1. The summed E-state index contributed by atoms with van der Waals surface area (Å²) in [7, 11) is 0. The Kier molecular flexibility index (Phi) is 8.46. The molecule has 0 aromatic heterocycles. The van der Waals surface area contributed by atoms with E-state index < -0.39 is 0 Å². The zero-order chi connectivity index (χ0) is 20.6. The molecule has 2 atom stereocenters. The summed E-state index contributed by atoms with van der Waals surface area (Å²) in [6.07, 6.45) is 10.7. The van der Waals surface area contributed by atoms with Crippen molar-refractivity contribution in [1.82, 2.24) is 10.2 Å². The average Bonchev–Trinajstić information content (AvgIpc) is 3.19. The van der Waals surface area contributed by atoms with E-state index in [0.29, 0.717) is 18.2 Å². The third-order valence-electron chi connectivity index (χ3n) is 6.33. The van der Waals surface area contributed by atoms with Crippen LogP contribution in [0.25, 0.3) is 0 Å². The lowest BCUT2D eigenvalue weighted by Gasteiger charge is -2.35. The van der Waals surface area contributed by atoms with Crippen LogP contribution in [0.2, 0.25) is 0 Å². The minimum atomic E-state index is -0.356. The molecule has 1 heterocycles. The number of rotatable bonds is 8. The summed E-state index contributed by atoms with van der Waals surface area (Å²) in [6.45, 7) is 4.88. The van der Waals surface area contributed by atoms with Gasteiger partial charge < -0.3 is 10.2 Å². The first-order chi connectivity index (χ1) is 14.1. The second kappa shape index (κ2) is 11.1. The first-order valence-electron chi connectivity index (χ1n) is 11.4. The second-order valence-electron chi connectivity index (χ2n) is 8.52. The third-order valence-corrected chi connectivity index (χ3v) is 7.79. The quantitative estimate of drug-likeness (QED) is 0.596. The lowest BCUT2D eigenvalue weighted by Crippen LogP contribution is -2.51. The van der Waals surface area contributed by atoms with Crippen LogP contribution in [0.1, 0.15) is 80.6 Å². The number of benzene rings is 1. The molecule has 0 bridgehead atoms. The Balaban J connectivity index is 1.75. The highest BCUT2D eigenvalue weighted by Gasteiger charge is 2.45. The van der Waals surface area contributed by atoms with Gasteiger partial charge in [0.15, 0.2) is 0 Å². The predicted octanol–water partition coefficient (Wildman–Crippen LogP) is 5.16. The van der Waals surface area contributed by atoms with Gasteiger partial charge in [0.2, 0.25) is 5.91 Å². The molecule has 160 valence electrons. The van der Waals surface area contributed by atoms with E-state index in [0.717, 1.165) is 24.0 Å². The third kappa shape index (κ3) is 5.56. The van der Waals surface area contributed by atoms with Crippen LogP contribution in [0.4, 0.5) is 0 Å². The van der Waals surface area contributed by atoms with Gasteiger partial charge in [0.1, 0.15) is 6.04 Å². The highest BCUT2D eigenvalue weighted by molar-refractivity contribution is 8.00. The van der Waals surface area contributed by atoms with Gasteiger partial charge in [-0.15, -0.1) is 11.8 Å². The summed E-state index contributed by atoms with van der Waals surface area (Å²) in [6, 6.07) is 7.41.